The smallest absolute Gasteiger partial charge is 0.187 e. The third kappa shape index (κ3) is 5.30. The highest BCUT2D eigenvalue weighted by Gasteiger charge is 2.49. The predicted octanol–water partition coefficient (Wildman–Crippen LogP) is -6.75. The summed E-state index contributed by atoms with van der Waals surface area (Å²) in [6, 6.07) is -1.98. The van der Waals surface area contributed by atoms with E-state index >= 15 is 0 Å². The summed E-state index contributed by atoms with van der Waals surface area (Å²) in [5.74, 6) is -0.760. The van der Waals surface area contributed by atoms with Gasteiger partial charge in [-0.1, -0.05) is 6.08 Å². The maximum absolute atomic E-state index is 10.9. The van der Waals surface area contributed by atoms with Gasteiger partial charge in [0.2, 0.25) is 0 Å². The molecule has 0 spiro atoms. The predicted molar refractivity (Wildman–Crippen MR) is 110 cm³/mol. The number of ether oxygens (including phenoxy) is 2. The first kappa shape index (κ1) is 27.8. The lowest BCUT2D eigenvalue weighted by Crippen LogP contribution is -2.65. The van der Waals surface area contributed by atoms with Crippen molar-refractivity contribution in [3.05, 3.63) is 11.6 Å². The Kier molecular flexibility index (Phi) is 9.38. The van der Waals surface area contributed by atoms with Gasteiger partial charge in [0.05, 0.1) is 31.5 Å². The van der Waals surface area contributed by atoms with Crippen molar-refractivity contribution in [1.29, 1.82) is 0 Å². The van der Waals surface area contributed by atoms with Crippen LogP contribution in [0.4, 0.5) is 0 Å². The van der Waals surface area contributed by atoms with Crippen LogP contribution < -0.4 is 5.32 Å². The van der Waals surface area contributed by atoms with Crippen LogP contribution in [0, 0.1) is 5.92 Å². The number of rotatable bonds is 7. The molecule has 0 aromatic carbocycles. The highest BCUT2D eigenvalue weighted by molar-refractivity contribution is 5.22. The maximum Gasteiger partial charge on any atom is 0.187 e. The molecule has 14 atom stereocenters. The van der Waals surface area contributed by atoms with Gasteiger partial charge >= 0.3 is 0 Å². The zero-order chi connectivity index (χ0) is 25.3. The Morgan fingerprint density at radius 2 is 1.44 bits per heavy atom. The minimum Gasteiger partial charge on any atom is -0.396 e. The van der Waals surface area contributed by atoms with Gasteiger partial charge in [-0.15, -0.1) is 0 Å². The van der Waals surface area contributed by atoms with Crippen molar-refractivity contribution in [2.45, 2.75) is 85.8 Å². The fraction of sp³-hybridized carbons (Fsp3) is 0.900. The first-order chi connectivity index (χ1) is 16.0. The second kappa shape index (κ2) is 11.5. The molecule has 2 fully saturated rings. The van der Waals surface area contributed by atoms with Gasteiger partial charge in [0, 0.05) is 18.6 Å². The fourth-order valence-corrected chi connectivity index (χ4v) is 4.73. The Bertz CT molecular complexity index is 693. The van der Waals surface area contributed by atoms with Crippen LogP contribution in [0.3, 0.4) is 0 Å². The van der Waals surface area contributed by atoms with Crippen LogP contribution >= 0.6 is 0 Å². The molecule has 0 unspecified atom stereocenters. The zero-order valence-electron chi connectivity index (χ0n) is 18.2. The molecule has 0 aromatic heterocycles. The molecule has 1 saturated heterocycles. The Labute approximate surface area is 194 Å². The Balaban J connectivity index is 1.78. The second-order valence-electron chi connectivity index (χ2n) is 9.08. The third-order valence-electron chi connectivity index (χ3n) is 6.90. The molecule has 0 amide bonds. The minimum atomic E-state index is -1.80. The summed E-state index contributed by atoms with van der Waals surface area (Å²) in [6.45, 7) is -1.82. The molecule has 2 aliphatic carbocycles. The second-order valence-corrected chi connectivity index (χ2v) is 9.08. The molecule has 12 N–H and O–H groups in total. The summed E-state index contributed by atoms with van der Waals surface area (Å²) >= 11 is 0. The highest BCUT2D eigenvalue weighted by Crippen LogP contribution is 2.31. The summed E-state index contributed by atoms with van der Waals surface area (Å²) < 4.78 is 10.8. The van der Waals surface area contributed by atoms with Gasteiger partial charge in [-0.2, -0.15) is 0 Å². The Hall–Kier alpha value is -0.820. The van der Waals surface area contributed by atoms with E-state index in [0.29, 0.717) is 0 Å². The molecule has 3 aliphatic rings. The average molecular weight is 497 g/mol. The van der Waals surface area contributed by atoms with Gasteiger partial charge in [-0.05, 0) is 12.0 Å². The van der Waals surface area contributed by atoms with Crippen LogP contribution in [-0.2, 0) is 9.47 Å². The van der Waals surface area contributed by atoms with Crippen molar-refractivity contribution in [3.8, 4) is 0 Å². The third-order valence-corrected chi connectivity index (χ3v) is 6.90. The van der Waals surface area contributed by atoms with Crippen LogP contribution in [0.5, 0.6) is 0 Å². The number of hydrogen-bond donors (Lipinski definition) is 12. The zero-order valence-corrected chi connectivity index (χ0v) is 18.2. The normalized spacial score (nSPS) is 50.1. The molecular weight excluding hydrogens is 462 g/mol. The van der Waals surface area contributed by atoms with E-state index in [1.807, 2.05) is 0 Å². The quantitative estimate of drug-likeness (QED) is 0.146. The van der Waals surface area contributed by atoms with Crippen molar-refractivity contribution < 1.29 is 65.6 Å². The van der Waals surface area contributed by atoms with E-state index < -0.39 is 105 Å². The molecular formula is C20H35NO13. The van der Waals surface area contributed by atoms with Crippen molar-refractivity contribution >= 4 is 0 Å². The fourth-order valence-electron chi connectivity index (χ4n) is 4.73. The molecule has 3 rings (SSSR count). The standard InChI is InChI=1S/C20H35NO13/c22-3-6-1-8(13(27)16(30)11(6)25)21-9-2-7(4-23)12(26)19(14(9)28)34-20-18(32)17(31)15(29)10(5-24)33-20/h2,6,8-32H,1,3-5H2/t6-,8+,9+,10-,11-,12-,13+,14+,15-,16+,17+,18-,19+,20+/m1/s1. The van der Waals surface area contributed by atoms with Gasteiger partial charge in [-0.3, -0.25) is 0 Å². The number of aliphatic hydroxyl groups is 11. The lowest BCUT2D eigenvalue weighted by atomic mass is 9.78. The van der Waals surface area contributed by atoms with E-state index in [0.717, 1.165) is 0 Å². The lowest BCUT2D eigenvalue weighted by molar-refractivity contribution is -0.323. The number of aliphatic hydroxyl groups excluding tert-OH is 11. The molecule has 34 heavy (non-hydrogen) atoms. The van der Waals surface area contributed by atoms with Crippen LogP contribution in [0.2, 0.25) is 0 Å². The number of nitrogens with one attached hydrogen (secondary N) is 1. The van der Waals surface area contributed by atoms with Gasteiger partial charge < -0.3 is 71.0 Å². The Morgan fingerprint density at radius 3 is 2.03 bits per heavy atom. The minimum absolute atomic E-state index is 0.0157. The van der Waals surface area contributed by atoms with Gasteiger partial charge in [0.25, 0.3) is 0 Å². The van der Waals surface area contributed by atoms with E-state index in [-0.39, 0.29) is 12.0 Å². The summed E-state index contributed by atoms with van der Waals surface area (Å²) in [4.78, 5) is 0. The SMILES string of the molecule is OCC1=C[C@H](N[C@H]2C[C@H](CO)[C@@H](O)[C@H](O)[C@H]2O)[C@H](O)[C@@H](O[C@@H]2O[C@H](CO)[C@@H](O)[C@H](O)[C@H]2O)[C@@H]1O. The maximum atomic E-state index is 10.9. The van der Waals surface area contributed by atoms with Gasteiger partial charge in [0.15, 0.2) is 6.29 Å². The molecule has 1 heterocycles. The largest absolute Gasteiger partial charge is 0.396 e. The molecule has 1 saturated carbocycles. The monoisotopic (exact) mass is 497 g/mol. The summed E-state index contributed by atoms with van der Waals surface area (Å²) in [5.41, 5.74) is 0.0157. The average Bonchev–Trinajstić information content (AvgIpc) is 2.83. The van der Waals surface area contributed by atoms with E-state index in [9.17, 15) is 56.2 Å². The van der Waals surface area contributed by atoms with Gasteiger partial charge in [0.1, 0.15) is 48.8 Å². The van der Waals surface area contributed by atoms with Crippen LogP contribution in [0.1, 0.15) is 6.42 Å². The van der Waals surface area contributed by atoms with E-state index in [1.165, 1.54) is 6.08 Å². The van der Waals surface area contributed by atoms with E-state index in [2.05, 4.69) is 5.32 Å². The molecule has 0 radical (unpaired) electrons. The van der Waals surface area contributed by atoms with Crippen LogP contribution in [-0.4, -0.2) is 155 Å². The summed E-state index contributed by atoms with van der Waals surface area (Å²) in [7, 11) is 0. The molecule has 14 heteroatoms. The molecule has 0 bridgehead atoms. The molecule has 0 aromatic rings. The highest BCUT2D eigenvalue weighted by atomic mass is 16.7. The van der Waals surface area contributed by atoms with Crippen molar-refractivity contribution in [2.75, 3.05) is 19.8 Å². The van der Waals surface area contributed by atoms with Gasteiger partial charge in [-0.25, -0.2) is 0 Å². The van der Waals surface area contributed by atoms with Crippen LogP contribution in [0.25, 0.3) is 0 Å². The molecule has 198 valence electrons. The van der Waals surface area contributed by atoms with Crippen LogP contribution in [0.15, 0.2) is 11.6 Å². The van der Waals surface area contributed by atoms with Crippen molar-refractivity contribution in [3.63, 3.8) is 0 Å². The summed E-state index contributed by atoms with van der Waals surface area (Å²) in [6.07, 6.45) is -15.9. The van der Waals surface area contributed by atoms with Crippen molar-refractivity contribution in [2.24, 2.45) is 5.92 Å². The first-order valence-corrected chi connectivity index (χ1v) is 11.1. The van der Waals surface area contributed by atoms with Crippen molar-refractivity contribution in [1.82, 2.24) is 5.32 Å². The van der Waals surface area contributed by atoms with E-state index in [4.69, 9.17) is 9.47 Å². The summed E-state index contributed by atoms with van der Waals surface area (Å²) in [5, 5.41) is 113. The number of hydrogen-bond acceptors (Lipinski definition) is 14. The lowest BCUT2D eigenvalue weighted by Gasteiger charge is -2.46. The first-order valence-electron chi connectivity index (χ1n) is 11.1. The Morgan fingerprint density at radius 1 is 0.794 bits per heavy atom. The van der Waals surface area contributed by atoms with E-state index in [1.54, 1.807) is 0 Å². The topological polar surface area (TPSA) is 253 Å². The molecule has 14 nitrogen and oxygen atoms in total. The molecule has 1 aliphatic heterocycles.